The van der Waals surface area contributed by atoms with Gasteiger partial charge in [-0.15, -0.1) is 0 Å². The lowest BCUT2D eigenvalue weighted by Gasteiger charge is -2.18. The number of H-pyrrole nitrogens is 1. The molecule has 232 valence electrons. The van der Waals surface area contributed by atoms with Gasteiger partial charge in [-0.3, -0.25) is 9.78 Å². The van der Waals surface area contributed by atoms with Crippen molar-refractivity contribution < 1.29 is 40.9 Å². The molecule has 1 atom stereocenters. The lowest BCUT2D eigenvalue weighted by molar-refractivity contribution is 0.136. The number of aromatic amines is 1. The predicted molar refractivity (Wildman–Crippen MR) is 152 cm³/mol. The molecule has 3 aromatic heterocycles. The van der Waals surface area contributed by atoms with Gasteiger partial charge in [-0.2, -0.15) is 4.98 Å². The number of ether oxygens (including phenoxy) is 3. The summed E-state index contributed by atoms with van der Waals surface area (Å²) >= 11 is 0. The first-order valence-corrected chi connectivity index (χ1v) is 14.2. The van der Waals surface area contributed by atoms with Gasteiger partial charge in [0.05, 0.1) is 33.8 Å². The fraction of sp³-hybridized carbons (Fsp3) is 0.259. The topological polar surface area (TPSA) is 179 Å². The molecule has 0 fully saturated rings. The highest BCUT2D eigenvalue weighted by Gasteiger charge is 2.21. The quantitative estimate of drug-likeness (QED) is 0.133. The number of nitrogen functional groups attached to an aromatic ring is 1. The molecule has 0 aliphatic heterocycles. The number of hydrogen-bond acceptors (Lipinski definition) is 12. The molecule has 0 amide bonds. The minimum Gasteiger partial charge on any atom is -0.494 e. The third-order valence-corrected chi connectivity index (χ3v) is 7.38. The van der Waals surface area contributed by atoms with Crippen molar-refractivity contribution in [3.63, 3.8) is 0 Å². The van der Waals surface area contributed by atoms with Crippen LogP contribution < -0.4 is 26.6 Å². The van der Waals surface area contributed by atoms with E-state index in [0.29, 0.717) is 11.2 Å². The molecule has 0 spiro atoms. The number of anilines is 1. The second kappa shape index (κ2) is 13.8. The Morgan fingerprint density at radius 2 is 1.73 bits per heavy atom. The SMILES string of the molecule is COc1ccc(COP(COCCn2cnc3c(=O)[nH]c(N)nc32)OCc2oc(=O)oc2-c2ccc(OC)c(F)c2)cc1F. The number of nitrogens with one attached hydrogen (secondary N) is 1. The Hall–Kier alpha value is -4.63. The van der Waals surface area contributed by atoms with E-state index in [-0.39, 0.29) is 72.8 Å². The van der Waals surface area contributed by atoms with Crippen molar-refractivity contribution in [2.24, 2.45) is 0 Å². The summed E-state index contributed by atoms with van der Waals surface area (Å²) in [5.41, 5.74) is 6.34. The van der Waals surface area contributed by atoms with E-state index in [1.165, 1.54) is 44.8 Å². The number of nitrogens with two attached hydrogens (primary N) is 1. The first kappa shape index (κ1) is 30.8. The molecule has 0 saturated carbocycles. The Labute approximate surface area is 248 Å². The Bertz CT molecular complexity index is 1870. The number of aromatic nitrogens is 4. The molecule has 44 heavy (non-hydrogen) atoms. The van der Waals surface area contributed by atoms with Gasteiger partial charge in [0.25, 0.3) is 5.56 Å². The number of hydrogen-bond donors (Lipinski definition) is 2. The number of benzene rings is 2. The molecular formula is C27H26F2N5O9P. The first-order chi connectivity index (χ1) is 21.2. The standard InChI is InChI=1S/C27H26F2N5O9P/c1-37-19-5-3-15(9-17(19)28)11-40-44(14-39-8-7-34-13-31-22-24(34)32-26(30)33-25(22)35)41-12-21-23(43-27(36)42-21)16-4-6-20(38-2)18(29)10-16/h3-6,9-10,13H,7-8,11-12,14H2,1-2H3,(H3,30,32,33,35). The van der Waals surface area contributed by atoms with Crippen LogP contribution in [-0.4, -0.2) is 46.7 Å². The van der Waals surface area contributed by atoms with Crippen LogP contribution in [0.4, 0.5) is 14.7 Å². The summed E-state index contributed by atoms with van der Waals surface area (Å²) in [6, 6.07) is 8.37. The van der Waals surface area contributed by atoms with Crippen LogP contribution in [0.1, 0.15) is 11.3 Å². The summed E-state index contributed by atoms with van der Waals surface area (Å²) in [6.07, 6.45) is 1.39. The molecule has 0 aliphatic carbocycles. The maximum absolute atomic E-state index is 14.3. The van der Waals surface area contributed by atoms with Gasteiger partial charge in [-0.05, 0) is 35.9 Å². The molecule has 3 N–H and O–H groups in total. The van der Waals surface area contributed by atoms with Crippen LogP contribution in [-0.2, 0) is 33.5 Å². The summed E-state index contributed by atoms with van der Waals surface area (Å²) in [4.78, 5) is 34.5. The van der Waals surface area contributed by atoms with Crippen LogP contribution in [0.3, 0.4) is 0 Å². The zero-order valence-corrected chi connectivity index (χ0v) is 24.3. The molecule has 0 aliphatic rings. The maximum atomic E-state index is 14.3. The molecule has 17 heteroatoms. The maximum Gasteiger partial charge on any atom is 0.519 e. The van der Waals surface area contributed by atoms with Crippen molar-refractivity contribution in [1.29, 1.82) is 0 Å². The van der Waals surface area contributed by atoms with Crippen LogP contribution in [0.25, 0.3) is 22.5 Å². The van der Waals surface area contributed by atoms with Crippen molar-refractivity contribution >= 4 is 25.5 Å². The number of halogens is 2. The molecule has 0 bridgehead atoms. The third-order valence-electron chi connectivity index (χ3n) is 6.16. The molecule has 0 radical (unpaired) electrons. The average molecular weight is 634 g/mol. The number of nitrogens with zero attached hydrogens (tertiary/aromatic N) is 3. The lowest BCUT2D eigenvalue weighted by atomic mass is 10.1. The number of rotatable bonds is 14. The van der Waals surface area contributed by atoms with Crippen LogP contribution in [0.15, 0.2) is 61.1 Å². The van der Waals surface area contributed by atoms with Gasteiger partial charge in [0, 0.05) is 12.1 Å². The van der Waals surface area contributed by atoms with E-state index < -0.39 is 31.4 Å². The van der Waals surface area contributed by atoms with Gasteiger partial charge < -0.3 is 42.4 Å². The largest absolute Gasteiger partial charge is 0.519 e. The Kier molecular flexibility index (Phi) is 9.65. The van der Waals surface area contributed by atoms with Crippen molar-refractivity contribution in [3.05, 3.63) is 86.7 Å². The van der Waals surface area contributed by atoms with Crippen molar-refractivity contribution in [2.75, 3.05) is 32.9 Å². The molecule has 5 rings (SSSR count). The molecule has 2 aromatic carbocycles. The van der Waals surface area contributed by atoms with E-state index >= 15 is 0 Å². The van der Waals surface area contributed by atoms with Crippen molar-refractivity contribution in [2.45, 2.75) is 19.8 Å². The fourth-order valence-corrected chi connectivity index (χ4v) is 5.11. The highest BCUT2D eigenvalue weighted by Crippen LogP contribution is 2.41. The zero-order valence-electron chi connectivity index (χ0n) is 23.4. The van der Waals surface area contributed by atoms with E-state index in [9.17, 15) is 18.4 Å². The molecule has 3 heterocycles. The summed E-state index contributed by atoms with van der Waals surface area (Å²) in [7, 11) is 0.865. The van der Waals surface area contributed by atoms with Gasteiger partial charge in [-0.1, -0.05) is 6.07 Å². The second-order valence-corrected chi connectivity index (χ2v) is 10.4. The minimum atomic E-state index is -1.82. The molecular weight excluding hydrogens is 607 g/mol. The van der Waals surface area contributed by atoms with Gasteiger partial charge in [0.15, 0.2) is 54.2 Å². The summed E-state index contributed by atoms with van der Waals surface area (Å²) < 4.78 is 67.9. The number of imidazole rings is 1. The van der Waals surface area contributed by atoms with Gasteiger partial charge in [0.1, 0.15) is 13.0 Å². The first-order valence-electron chi connectivity index (χ1n) is 12.9. The van der Waals surface area contributed by atoms with Crippen molar-refractivity contribution in [1.82, 2.24) is 19.5 Å². The lowest BCUT2D eigenvalue weighted by Crippen LogP contribution is -2.13. The minimum absolute atomic E-state index is 0.00932. The highest BCUT2D eigenvalue weighted by molar-refractivity contribution is 7.46. The smallest absolute Gasteiger partial charge is 0.494 e. The zero-order chi connectivity index (χ0) is 31.2. The van der Waals surface area contributed by atoms with Crippen LogP contribution in [0.5, 0.6) is 11.5 Å². The number of fused-ring (bicyclic) bond motifs is 1. The van der Waals surface area contributed by atoms with Gasteiger partial charge >= 0.3 is 5.82 Å². The Balaban J connectivity index is 1.27. The normalized spacial score (nSPS) is 12.1. The number of methoxy groups -OCH3 is 2. The van der Waals surface area contributed by atoms with Crippen molar-refractivity contribution in [3.8, 4) is 22.8 Å². The van der Waals surface area contributed by atoms with E-state index in [1.807, 2.05) is 0 Å². The molecule has 14 nitrogen and oxygen atoms in total. The van der Waals surface area contributed by atoms with Crippen LogP contribution >= 0.6 is 8.38 Å². The molecule has 0 saturated heterocycles. The molecule has 5 aromatic rings. The Morgan fingerprint density at radius 3 is 2.45 bits per heavy atom. The van der Waals surface area contributed by atoms with E-state index in [2.05, 4.69) is 15.0 Å². The van der Waals surface area contributed by atoms with Gasteiger partial charge in [0.2, 0.25) is 5.95 Å². The summed E-state index contributed by atoms with van der Waals surface area (Å²) in [6.45, 7) is 0.0711. The van der Waals surface area contributed by atoms with E-state index in [4.69, 9.17) is 37.8 Å². The highest BCUT2D eigenvalue weighted by atomic mass is 31.2. The monoisotopic (exact) mass is 633 g/mol. The molecule has 1 unspecified atom stereocenters. The predicted octanol–water partition coefficient (Wildman–Crippen LogP) is 3.93. The fourth-order valence-electron chi connectivity index (χ4n) is 4.06. The van der Waals surface area contributed by atoms with Crippen LogP contribution in [0.2, 0.25) is 0 Å². The van der Waals surface area contributed by atoms with Crippen LogP contribution in [0, 0.1) is 11.6 Å². The van der Waals surface area contributed by atoms with Gasteiger partial charge in [-0.25, -0.2) is 18.6 Å². The second-order valence-electron chi connectivity index (χ2n) is 9.00. The average Bonchev–Trinajstić information content (AvgIpc) is 3.59. The third kappa shape index (κ3) is 7.11. The Morgan fingerprint density at radius 1 is 1.00 bits per heavy atom. The van der Waals surface area contributed by atoms with E-state index in [1.54, 1.807) is 10.6 Å². The summed E-state index contributed by atoms with van der Waals surface area (Å²) in [5.74, 6) is -2.23. The summed E-state index contributed by atoms with van der Waals surface area (Å²) in [5, 5.41) is 0. The van der Waals surface area contributed by atoms with E-state index in [0.717, 1.165) is 6.07 Å².